The van der Waals surface area contributed by atoms with Crippen molar-refractivity contribution in [3.63, 3.8) is 0 Å². The number of nitrogens with zero attached hydrogens (tertiary/aromatic N) is 2. The Kier molecular flexibility index (Phi) is 5.56. The lowest BCUT2D eigenvalue weighted by Gasteiger charge is -2.26. The number of benzene rings is 1. The molecular weight excluding hydrogens is 322 g/mol. The fourth-order valence-electron chi connectivity index (χ4n) is 2.88. The van der Waals surface area contributed by atoms with Crippen molar-refractivity contribution in [3.8, 4) is 11.5 Å². The van der Waals surface area contributed by atoms with Crippen LogP contribution in [0.1, 0.15) is 38.2 Å². The number of thioether (sulfide) groups is 1. The molecule has 1 amide bonds. The van der Waals surface area contributed by atoms with E-state index in [2.05, 4.69) is 22.4 Å². The van der Waals surface area contributed by atoms with Crippen molar-refractivity contribution in [3.05, 3.63) is 29.8 Å². The third kappa shape index (κ3) is 4.60. The number of aryl methyl sites for hydroxylation is 1. The first kappa shape index (κ1) is 17.0. The summed E-state index contributed by atoms with van der Waals surface area (Å²) in [5.41, 5.74) is 2.07. The second kappa shape index (κ2) is 7.83. The molecule has 0 aliphatic heterocycles. The summed E-state index contributed by atoms with van der Waals surface area (Å²) in [5, 5.41) is 11.6. The van der Waals surface area contributed by atoms with Gasteiger partial charge in [-0.2, -0.15) is 0 Å². The Labute approximate surface area is 146 Å². The molecule has 1 fully saturated rings. The van der Waals surface area contributed by atoms with Gasteiger partial charge in [-0.1, -0.05) is 36.4 Å². The Morgan fingerprint density at radius 2 is 1.92 bits per heavy atom. The molecule has 2 aromatic rings. The van der Waals surface area contributed by atoms with Gasteiger partial charge in [0.25, 0.3) is 5.22 Å². The second-order valence-electron chi connectivity index (χ2n) is 6.55. The van der Waals surface area contributed by atoms with Gasteiger partial charge in [0, 0.05) is 11.6 Å². The molecule has 1 saturated carbocycles. The van der Waals surface area contributed by atoms with Crippen LogP contribution in [0.2, 0.25) is 0 Å². The van der Waals surface area contributed by atoms with Crippen molar-refractivity contribution in [1.82, 2.24) is 15.5 Å². The summed E-state index contributed by atoms with van der Waals surface area (Å²) in [7, 11) is 0. The predicted octanol–water partition coefficient (Wildman–Crippen LogP) is 3.83. The minimum absolute atomic E-state index is 0.0367. The smallest absolute Gasteiger partial charge is 0.277 e. The fourth-order valence-corrected chi connectivity index (χ4v) is 3.46. The van der Waals surface area contributed by atoms with E-state index in [1.54, 1.807) is 0 Å². The van der Waals surface area contributed by atoms with Gasteiger partial charge < -0.3 is 9.73 Å². The first-order chi connectivity index (χ1) is 11.6. The minimum Gasteiger partial charge on any atom is -0.411 e. The second-order valence-corrected chi connectivity index (χ2v) is 7.48. The maximum absolute atomic E-state index is 12.1. The average Bonchev–Trinajstić information content (AvgIpc) is 3.05. The molecule has 0 bridgehead atoms. The third-order valence-electron chi connectivity index (χ3n) is 4.41. The van der Waals surface area contributed by atoms with Crippen molar-refractivity contribution in [2.24, 2.45) is 5.92 Å². The number of carbonyl (C=O) groups excluding carboxylic acids is 1. The summed E-state index contributed by atoms with van der Waals surface area (Å²) in [6.45, 7) is 4.31. The summed E-state index contributed by atoms with van der Waals surface area (Å²) >= 11 is 1.28. The van der Waals surface area contributed by atoms with Crippen LogP contribution >= 0.6 is 11.8 Å². The molecule has 5 nitrogen and oxygen atoms in total. The zero-order valence-corrected chi connectivity index (χ0v) is 14.9. The lowest BCUT2D eigenvalue weighted by molar-refractivity contribution is -0.119. The van der Waals surface area contributed by atoms with Crippen molar-refractivity contribution < 1.29 is 9.21 Å². The zero-order valence-electron chi connectivity index (χ0n) is 14.1. The molecule has 0 atom stereocenters. The molecule has 128 valence electrons. The van der Waals surface area contributed by atoms with Gasteiger partial charge in [0.1, 0.15) is 0 Å². The molecule has 1 aromatic heterocycles. The van der Waals surface area contributed by atoms with E-state index >= 15 is 0 Å². The fraction of sp³-hybridized carbons (Fsp3) is 0.500. The highest BCUT2D eigenvalue weighted by Crippen LogP contribution is 2.25. The normalized spacial score (nSPS) is 20.8. The first-order valence-electron chi connectivity index (χ1n) is 8.43. The number of rotatable bonds is 5. The van der Waals surface area contributed by atoms with Crippen LogP contribution in [-0.2, 0) is 4.79 Å². The predicted molar refractivity (Wildman–Crippen MR) is 94.8 cm³/mol. The minimum atomic E-state index is 0.0367. The van der Waals surface area contributed by atoms with E-state index in [0.717, 1.165) is 24.3 Å². The van der Waals surface area contributed by atoms with Gasteiger partial charge in [0.15, 0.2) is 0 Å². The monoisotopic (exact) mass is 345 g/mol. The molecule has 6 heteroatoms. The van der Waals surface area contributed by atoms with Gasteiger partial charge in [-0.3, -0.25) is 4.79 Å². The third-order valence-corrected chi connectivity index (χ3v) is 5.23. The number of aromatic nitrogens is 2. The van der Waals surface area contributed by atoms with Crippen molar-refractivity contribution in [2.45, 2.75) is 50.8 Å². The van der Waals surface area contributed by atoms with E-state index in [1.807, 2.05) is 31.2 Å². The van der Waals surface area contributed by atoms with Crippen molar-refractivity contribution >= 4 is 17.7 Å². The molecule has 3 rings (SSSR count). The molecule has 24 heavy (non-hydrogen) atoms. The topological polar surface area (TPSA) is 68.0 Å². The van der Waals surface area contributed by atoms with E-state index in [9.17, 15) is 4.79 Å². The standard InChI is InChI=1S/C18H23N3O2S/c1-12-3-7-14(8-4-12)17-20-21-18(23-17)24-11-16(22)19-15-9-5-13(2)6-10-15/h3-4,7-8,13,15H,5-6,9-11H2,1-2H3,(H,19,22). The lowest BCUT2D eigenvalue weighted by Crippen LogP contribution is -2.38. The van der Waals surface area contributed by atoms with Gasteiger partial charge in [0.05, 0.1) is 5.75 Å². The van der Waals surface area contributed by atoms with Gasteiger partial charge >= 0.3 is 0 Å². The maximum Gasteiger partial charge on any atom is 0.277 e. The van der Waals surface area contributed by atoms with Crippen molar-refractivity contribution in [1.29, 1.82) is 0 Å². The number of hydrogen-bond donors (Lipinski definition) is 1. The van der Waals surface area contributed by atoms with Crippen LogP contribution in [0.3, 0.4) is 0 Å². The molecular formula is C18H23N3O2S. The Hall–Kier alpha value is -1.82. The molecule has 0 unspecified atom stereocenters. The van der Waals surface area contributed by atoms with Gasteiger partial charge in [-0.05, 0) is 50.7 Å². The van der Waals surface area contributed by atoms with E-state index in [4.69, 9.17) is 4.42 Å². The van der Waals surface area contributed by atoms with E-state index < -0.39 is 0 Å². The zero-order chi connectivity index (χ0) is 16.9. The van der Waals surface area contributed by atoms with Crippen LogP contribution in [0.25, 0.3) is 11.5 Å². The summed E-state index contributed by atoms with van der Waals surface area (Å²) in [6.07, 6.45) is 4.55. The summed E-state index contributed by atoms with van der Waals surface area (Å²) in [6, 6.07) is 8.23. The van der Waals surface area contributed by atoms with Crippen LogP contribution < -0.4 is 5.32 Å². The number of amides is 1. The molecule has 1 aromatic carbocycles. The Morgan fingerprint density at radius 3 is 2.62 bits per heavy atom. The lowest BCUT2D eigenvalue weighted by atomic mass is 9.87. The molecule has 1 aliphatic carbocycles. The highest BCUT2D eigenvalue weighted by atomic mass is 32.2. The van der Waals surface area contributed by atoms with Gasteiger partial charge in [0.2, 0.25) is 11.8 Å². The van der Waals surface area contributed by atoms with E-state index in [1.165, 1.54) is 30.2 Å². The Morgan fingerprint density at radius 1 is 1.21 bits per heavy atom. The van der Waals surface area contributed by atoms with Gasteiger partial charge in [-0.25, -0.2) is 0 Å². The first-order valence-corrected chi connectivity index (χ1v) is 9.41. The summed E-state index contributed by atoms with van der Waals surface area (Å²) in [4.78, 5) is 12.1. The molecule has 1 aliphatic rings. The number of hydrogen-bond acceptors (Lipinski definition) is 5. The van der Waals surface area contributed by atoms with E-state index in [0.29, 0.717) is 22.9 Å². The average molecular weight is 345 g/mol. The van der Waals surface area contributed by atoms with Gasteiger partial charge in [-0.15, -0.1) is 10.2 Å². The maximum atomic E-state index is 12.1. The summed E-state index contributed by atoms with van der Waals surface area (Å²) in [5.74, 6) is 1.61. The molecule has 1 N–H and O–H groups in total. The molecule has 1 heterocycles. The summed E-state index contributed by atoms with van der Waals surface area (Å²) < 4.78 is 5.62. The quantitative estimate of drug-likeness (QED) is 0.834. The van der Waals surface area contributed by atoms with E-state index in [-0.39, 0.29) is 5.91 Å². The van der Waals surface area contributed by atoms with Crippen LogP contribution in [0.4, 0.5) is 0 Å². The molecule has 0 spiro atoms. The number of carbonyl (C=O) groups is 1. The Balaban J connectivity index is 1.48. The van der Waals surface area contributed by atoms with Crippen LogP contribution in [0, 0.1) is 12.8 Å². The molecule has 0 radical (unpaired) electrons. The largest absolute Gasteiger partial charge is 0.411 e. The highest BCUT2D eigenvalue weighted by molar-refractivity contribution is 7.99. The highest BCUT2D eigenvalue weighted by Gasteiger charge is 2.20. The van der Waals surface area contributed by atoms with Crippen LogP contribution in [-0.4, -0.2) is 27.9 Å². The SMILES string of the molecule is Cc1ccc(-c2nnc(SCC(=O)NC3CCC(C)CC3)o2)cc1. The van der Waals surface area contributed by atoms with Crippen LogP contribution in [0.15, 0.2) is 33.9 Å². The van der Waals surface area contributed by atoms with Crippen LogP contribution in [0.5, 0.6) is 0 Å². The number of nitrogens with one attached hydrogen (secondary N) is 1. The molecule has 0 saturated heterocycles. The Bertz CT molecular complexity index is 676. The van der Waals surface area contributed by atoms with Crippen molar-refractivity contribution in [2.75, 3.05) is 5.75 Å².